The molecule has 0 radical (unpaired) electrons. The average molecular weight is 475 g/mol. The first kappa shape index (κ1) is 30.2. The lowest BCUT2D eigenvalue weighted by Crippen LogP contribution is -2.56. The van der Waals surface area contributed by atoms with E-state index in [1.165, 1.54) is 6.92 Å². The van der Waals surface area contributed by atoms with E-state index in [-0.39, 0.29) is 25.7 Å². The van der Waals surface area contributed by atoms with Crippen molar-refractivity contribution in [1.82, 2.24) is 16.0 Å². The van der Waals surface area contributed by atoms with E-state index >= 15 is 0 Å². The summed E-state index contributed by atoms with van der Waals surface area (Å²) in [6.45, 7) is 2.19. The van der Waals surface area contributed by atoms with Crippen LogP contribution in [-0.2, 0) is 24.0 Å². The number of amides is 3. The fourth-order valence-electron chi connectivity index (χ4n) is 2.88. The largest absolute Gasteiger partial charge is 0.481 e. The zero-order valence-electron chi connectivity index (χ0n) is 19.0. The molecule has 0 saturated heterocycles. The third-order valence-electron chi connectivity index (χ3n) is 4.90. The first-order chi connectivity index (χ1) is 15.5. The summed E-state index contributed by atoms with van der Waals surface area (Å²) in [5.74, 6) is -4.32. The third-order valence-corrected chi connectivity index (χ3v) is 4.90. The van der Waals surface area contributed by atoms with E-state index in [4.69, 9.17) is 22.3 Å². The highest BCUT2D eigenvalue weighted by Crippen LogP contribution is 2.05. The van der Waals surface area contributed by atoms with Crippen molar-refractivity contribution in [3.05, 3.63) is 0 Å². The number of carbonyl (C=O) groups excluding carboxylic acids is 3. The fourth-order valence-corrected chi connectivity index (χ4v) is 2.88. The van der Waals surface area contributed by atoms with Gasteiger partial charge < -0.3 is 43.4 Å². The van der Waals surface area contributed by atoms with Crippen LogP contribution < -0.4 is 33.2 Å². The average Bonchev–Trinajstić information content (AvgIpc) is 2.75. The first-order valence-corrected chi connectivity index (χ1v) is 11.0. The molecule has 0 aromatic rings. The van der Waals surface area contributed by atoms with Crippen molar-refractivity contribution in [1.29, 1.82) is 0 Å². The molecule has 190 valence electrons. The number of nitrogens with two attached hydrogens (primary N) is 3. The summed E-state index contributed by atoms with van der Waals surface area (Å²) in [5.41, 5.74) is 16.6. The summed E-state index contributed by atoms with van der Waals surface area (Å²) in [4.78, 5) is 59.4. The molecule has 0 heterocycles. The van der Waals surface area contributed by atoms with Gasteiger partial charge in [-0.25, -0.2) is 4.79 Å². The molecular weight excluding hydrogens is 436 g/mol. The number of rotatable bonds is 18. The second kappa shape index (κ2) is 16.8. The molecule has 0 rings (SSSR count). The van der Waals surface area contributed by atoms with Crippen LogP contribution in [0.2, 0.25) is 0 Å². The Kier molecular flexibility index (Phi) is 15.4. The van der Waals surface area contributed by atoms with E-state index in [0.717, 1.165) is 0 Å². The monoisotopic (exact) mass is 474 g/mol. The highest BCUT2D eigenvalue weighted by molar-refractivity contribution is 5.93. The molecule has 0 aromatic carbocycles. The van der Waals surface area contributed by atoms with Gasteiger partial charge in [-0.05, 0) is 65.0 Å². The number of carboxylic acid groups (broad SMARTS) is 2. The maximum Gasteiger partial charge on any atom is 0.326 e. The van der Waals surface area contributed by atoms with Gasteiger partial charge in [0.1, 0.15) is 18.1 Å². The SMILES string of the molecule is CC(NC(=O)C(CCCCN)NC(=O)C(N)CCC(=O)O)C(=O)NC(CCCCN)C(=O)O. The quantitative estimate of drug-likeness (QED) is 0.102. The summed E-state index contributed by atoms with van der Waals surface area (Å²) in [6, 6.07) is -4.31. The number of hydrogen-bond donors (Lipinski definition) is 8. The van der Waals surface area contributed by atoms with Crippen LogP contribution in [0.15, 0.2) is 0 Å². The predicted octanol–water partition coefficient (Wildman–Crippen LogP) is -2.00. The molecule has 0 fully saturated rings. The Balaban J connectivity index is 5.02. The van der Waals surface area contributed by atoms with Gasteiger partial charge in [0.25, 0.3) is 0 Å². The number of nitrogens with one attached hydrogen (secondary N) is 3. The molecule has 0 saturated carbocycles. The lowest BCUT2D eigenvalue weighted by molar-refractivity contribution is -0.142. The highest BCUT2D eigenvalue weighted by Gasteiger charge is 2.28. The van der Waals surface area contributed by atoms with E-state index in [1.807, 2.05) is 0 Å². The first-order valence-electron chi connectivity index (χ1n) is 11.0. The standard InChI is InChI=1S/C20H38N6O7/c1-12(17(29)26-15(20(32)33)7-3-5-11-22)24-19(31)14(6-2-4-10-21)25-18(30)13(23)8-9-16(27)28/h12-15H,2-11,21-23H2,1H3,(H,24,31)(H,25,30)(H,26,29)(H,27,28)(H,32,33). The Morgan fingerprint density at radius 3 is 1.73 bits per heavy atom. The smallest absolute Gasteiger partial charge is 0.326 e. The zero-order valence-corrected chi connectivity index (χ0v) is 19.0. The van der Waals surface area contributed by atoms with Gasteiger partial charge in [-0.1, -0.05) is 0 Å². The number of carbonyl (C=O) groups is 5. The van der Waals surface area contributed by atoms with Crippen LogP contribution in [0, 0.1) is 0 Å². The molecule has 13 heteroatoms. The Morgan fingerprint density at radius 1 is 0.727 bits per heavy atom. The predicted molar refractivity (Wildman–Crippen MR) is 120 cm³/mol. The molecule has 0 aliphatic rings. The van der Waals surface area contributed by atoms with Crippen molar-refractivity contribution in [2.45, 2.75) is 82.5 Å². The molecule has 4 atom stereocenters. The normalized spacial score (nSPS) is 14.4. The maximum absolute atomic E-state index is 12.7. The Bertz CT molecular complexity index is 661. The van der Waals surface area contributed by atoms with Crippen LogP contribution >= 0.6 is 0 Å². The fraction of sp³-hybridized carbons (Fsp3) is 0.750. The molecule has 11 N–H and O–H groups in total. The van der Waals surface area contributed by atoms with Crippen molar-refractivity contribution in [3.63, 3.8) is 0 Å². The molecule has 13 nitrogen and oxygen atoms in total. The van der Waals surface area contributed by atoms with Gasteiger partial charge in [0.05, 0.1) is 6.04 Å². The van der Waals surface area contributed by atoms with E-state index in [1.54, 1.807) is 0 Å². The van der Waals surface area contributed by atoms with E-state index in [9.17, 15) is 29.1 Å². The van der Waals surface area contributed by atoms with Crippen molar-refractivity contribution in [2.75, 3.05) is 13.1 Å². The summed E-state index contributed by atoms with van der Waals surface area (Å²) in [6.07, 6.45) is 2.28. The van der Waals surface area contributed by atoms with Gasteiger partial charge in [0.2, 0.25) is 17.7 Å². The maximum atomic E-state index is 12.7. The minimum Gasteiger partial charge on any atom is -0.481 e. The van der Waals surface area contributed by atoms with Crippen LogP contribution in [0.5, 0.6) is 0 Å². The number of hydrogen-bond acceptors (Lipinski definition) is 8. The van der Waals surface area contributed by atoms with Crippen LogP contribution in [0.25, 0.3) is 0 Å². The number of unbranched alkanes of at least 4 members (excludes halogenated alkanes) is 2. The second-order valence-electron chi connectivity index (χ2n) is 7.80. The summed E-state index contributed by atoms with van der Waals surface area (Å²) >= 11 is 0. The van der Waals surface area contributed by atoms with Crippen LogP contribution in [0.3, 0.4) is 0 Å². The van der Waals surface area contributed by atoms with Crippen molar-refractivity contribution >= 4 is 29.7 Å². The Hall–Kier alpha value is -2.77. The molecule has 0 bridgehead atoms. The van der Waals surface area contributed by atoms with Gasteiger partial charge in [0, 0.05) is 6.42 Å². The van der Waals surface area contributed by atoms with Crippen molar-refractivity contribution < 1.29 is 34.2 Å². The van der Waals surface area contributed by atoms with Gasteiger partial charge in [-0.15, -0.1) is 0 Å². The van der Waals surface area contributed by atoms with Gasteiger partial charge in [0.15, 0.2) is 0 Å². The van der Waals surface area contributed by atoms with Gasteiger partial charge in [-0.2, -0.15) is 0 Å². The van der Waals surface area contributed by atoms with Crippen LogP contribution in [0.1, 0.15) is 58.3 Å². The zero-order chi connectivity index (χ0) is 25.4. The van der Waals surface area contributed by atoms with E-state index in [0.29, 0.717) is 38.8 Å². The summed E-state index contributed by atoms with van der Waals surface area (Å²) in [7, 11) is 0. The summed E-state index contributed by atoms with van der Waals surface area (Å²) in [5, 5.41) is 25.3. The summed E-state index contributed by atoms with van der Waals surface area (Å²) < 4.78 is 0. The minimum absolute atomic E-state index is 0.0994. The lowest BCUT2D eigenvalue weighted by atomic mass is 10.1. The molecular formula is C20H38N6O7. The number of carboxylic acids is 2. The molecule has 0 aliphatic carbocycles. The minimum atomic E-state index is -1.19. The molecule has 33 heavy (non-hydrogen) atoms. The van der Waals surface area contributed by atoms with Crippen LogP contribution in [-0.4, -0.2) is 77.1 Å². The molecule has 4 unspecified atom stereocenters. The molecule has 0 aliphatic heterocycles. The third kappa shape index (κ3) is 13.4. The Labute approximate surface area is 193 Å². The number of aliphatic carboxylic acids is 2. The topological polar surface area (TPSA) is 240 Å². The van der Waals surface area contributed by atoms with E-state index in [2.05, 4.69) is 16.0 Å². The molecule has 0 aromatic heterocycles. The Morgan fingerprint density at radius 2 is 1.24 bits per heavy atom. The van der Waals surface area contributed by atoms with Crippen molar-refractivity contribution in [3.8, 4) is 0 Å². The van der Waals surface area contributed by atoms with Gasteiger partial charge >= 0.3 is 11.9 Å². The molecule has 0 spiro atoms. The van der Waals surface area contributed by atoms with Crippen LogP contribution in [0.4, 0.5) is 0 Å². The highest BCUT2D eigenvalue weighted by atomic mass is 16.4. The van der Waals surface area contributed by atoms with Gasteiger partial charge in [-0.3, -0.25) is 19.2 Å². The lowest BCUT2D eigenvalue weighted by Gasteiger charge is -2.23. The van der Waals surface area contributed by atoms with Crippen molar-refractivity contribution in [2.24, 2.45) is 17.2 Å². The molecule has 3 amide bonds. The second-order valence-corrected chi connectivity index (χ2v) is 7.80. The van der Waals surface area contributed by atoms with E-state index < -0.39 is 53.8 Å².